The minimum absolute atomic E-state index is 0. The molecule has 11 heteroatoms. The molecule has 0 unspecified atom stereocenters. The predicted octanol–water partition coefficient (Wildman–Crippen LogP) is 7.08. The molecule has 0 radical (unpaired) electrons. The molecular formula is C61H83KO9Ti. The number of carbonyl (C=O) groups excluding carboxylic acids is 1. The quantitative estimate of drug-likeness (QED) is 0.0972. The number of fused-ring (bicyclic) bond motifs is 8. The van der Waals surface area contributed by atoms with Crippen molar-refractivity contribution in [3.05, 3.63) is 127 Å². The Bertz CT molecular complexity index is 1980. The van der Waals surface area contributed by atoms with Gasteiger partial charge in [0.15, 0.2) is 5.78 Å². The Labute approximate surface area is 491 Å². The second kappa shape index (κ2) is 29.2. The van der Waals surface area contributed by atoms with E-state index in [0.29, 0.717) is 44.5 Å². The summed E-state index contributed by atoms with van der Waals surface area (Å²) in [5.41, 5.74) is 7.39. The number of ketones is 1. The first-order valence-electron chi connectivity index (χ1n) is 25.5. The van der Waals surface area contributed by atoms with Gasteiger partial charge in [0.2, 0.25) is 0 Å². The summed E-state index contributed by atoms with van der Waals surface area (Å²) in [5.74, 6) is -0.871. The standard InChI is InChI=1S/C44H56O4.C5H8O2.3C4H8O.K.Ti/c1-41(2,3)33-17-25-13-27-19-34(42(4,5)6)21-29(38(27)46)15-31-23-36(44(10,11)12)24-32(40(31)48)16-30-22-35(43(7,8)9)20-28(39(30)47)14-26(18-33)37(25)45;1-4(6)3-5(2)7;3*1-2-4-5-3-1;;/h17-24,45-48H,13-16H2,1-12H3;3,6H,1-2H3;3*1-4H2;;/q;;;;;+1;+4/p-5/b;4-3-;;;;;. The van der Waals surface area contributed by atoms with Crippen molar-refractivity contribution in [2.24, 2.45) is 0 Å². The first-order chi connectivity index (χ1) is 32.6. The summed E-state index contributed by atoms with van der Waals surface area (Å²) < 4.78 is 14.8. The van der Waals surface area contributed by atoms with Crippen molar-refractivity contribution in [1.82, 2.24) is 0 Å². The second-order valence-electron chi connectivity index (χ2n) is 23.5. The zero-order valence-corrected chi connectivity index (χ0v) is 51.4. The molecule has 3 fully saturated rings. The zero-order valence-electron chi connectivity index (χ0n) is 46.7. The molecule has 4 aromatic carbocycles. The van der Waals surface area contributed by atoms with Gasteiger partial charge in [0.25, 0.3) is 0 Å². The molecular weight excluding hydrogens is 964 g/mol. The van der Waals surface area contributed by atoms with Crippen molar-refractivity contribution in [3.63, 3.8) is 0 Å². The summed E-state index contributed by atoms with van der Waals surface area (Å²) in [6.07, 6.45) is 9.45. The van der Waals surface area contributed by atoms with Crippen molar-refractivity contribution >= 4 is 5.78 Å². The summed E-state index contributed by atoms with van der Waals surface area (Å²) in [7, 11) is 0. The Morgan fingerprint density at radius 3 is 0.653 bits per heavy atom. The van der Waals surface area contributed by atoms with Crippen LogP contribution in [0.5, 0.6) is 23.0 Å². The first kappa shape index (κ1) is 65.6. The molecule has 3 aliphatic heterocycles. The van der Waals surface area contributed by atoms with Crippen LogP contribution in [0, 0.1) is 0 Å². The number of carbonyl (C=O) groups is 1. The smallest absolute Gasteiger partial charge is 0.876 e. The van der Waals surface area contributed by atoms with E-state index in [2.05, 4.69) is 83.1 Å². The summed E-state index contributed by atoms with van der Waals surface area (Å²) in [6, 6.07) is 15.6. The van der Waals surface area contributed by atoms with Crippen LogP contribution in [0.25, 0.3) is 0 Å². The number of ether oxygens (including phenoxy) is 3. The Morgan fingerprint density at radius 2 is 0.569 bits per heavy atom. The maximum Gasteiger partial charge on any atom is 4.00 e. The molecule has 3 saturated heterocycles. The largest absolute Gasteiger partial charge is 4.00 e. The van der Waals surface area contributed by atoms with E-state index in [-0.39, 0.29) is 155 Å². The van der Waals surface area contributed by atoms with Crippen LogP contribution in [-0.4, -0.2) is 45.4 Å². The minimum Gasteiger partial charge on any atom is -0.876 e. The van der Waals surface area contributed by atoms with Crippen LogP contribution >= 0.6 is 0 Å². The number of rotatable bonds is 1. The molecule has 0 amide bonds. The fourth-order valence-electron chi connectivity index (χ4n) is 8.44. The summed E-state index contributed by atoms with van der Waals surface area (Å²) >= 11 is 0. The summed E-state index contributed by atoms with van der Waals surface area (Å²) in [6.45, 7) is 34.0. The molecule has 4 aliphatic rings. The van der Waals surface area contributed by atoms with Crippen molar-refractivity contribution in [3.8, 4) is 23.0 Å². The van der Waals surface area contributed by atoms with E-state index in [9.17, 15) is 30.3 Å². The van der Waals surface area contributed by atoms with Crippen LogP contribution in [0.2, 0.25) is 0 Å². The van der Waals surface area contributed by atoms with Gasteiger partial charge >= 0.3 is 73.1 Å². The van der Waals surface area contributed by atoms with Gasteiger partial charge in [0.1, 0.15) is 0 Å². The maximum atomic E-state index is 14.3. The monoisotopic (exact) mass is 1050 g/mol. The van der Waals surface area contributed by atoms with Crippen molar-refractivity contribution in [2.45, 2.75) is 183 Å². The van der Waals surface area contributed by atoms with Gasteiger partial charge in [0, 0.05) is 39.6 Å². The van der Waals surface area contributed by atoms with E-state index in [4.69, 9.17) is 14.2 Å². The third kappa shape index (κ3) is 20.6. The van der Waals surface area contributed by atoms with Crippen molar-refractivity contribution in [2.75, 3.05) is 39.6 Å². The molecule has 1 aliphatic carbocycles. The average molecular weight is 1050 g/mol. The third-order valence-electron chi connectivity index (χ3n) is 12.8. The first-order valence-corrected chi connectivity index (χ1v) is 25.5. The van der Waals surface area contributed by atoms with Gasteiger partial charge in [-0.25, -0.2) is 0 Å². The minimum atomic E-state index is -0.256. The van der Waals surface area contributed by atoms with Gasteiger partial charge < -0.3 is 39.7 Å². The molecule has 72 heavy (non-hydrogen) atoms. The van der Waals surface area contributed by atoms with Crippen LogP contribution < -0.4 is 76.9 Å². The molecule has 0 N–H and O–H groups in total. The number of hydrogen-bond acceptors (Lipinski definition) is 9. The van der Waals surface area contributed by atoms with E-state index in [1.165, 1.54) is 52.4 Å². The van der Waals surface area contributed by atoms with Crippen LogP contribution in [0.4, 0.5) is 0 Å². The zero-order chi connectivity index (χ0) is 52.2. The predicted molar refractivity (Wildman–Crippen MR) is 274 cm³/mol. The average Bonchev–Trinajstić information content (AvgIpc) is 4.10. The molecule has 0 atom stereocenters. The van der Waals surface area contributed by atoms with Gasteiger partial charge in [0.05, 0.1) is 0 Å². The summed E-state index contributed by atoms with van der Waals surface area (Å²) in [4.78, 5) is 9.98. The van der Waals surface area contributed by atoms with E-state index >= 15 is 0 Å². The molecule has 3 heterocycles. The Kier molecular flexibility index (Phi) is 26.6. The molecule has 8 rings (SSSR count). The van der Waals surface area contributed by atoms with Gasteiger partial charge in [-0.05, 0) is 121 Å². The van der Waals surface area contributed by atoms with E-state index < -0.39 is 0 Å². The molecule has 386 valence electrons. The van der Waals surface area contributed by atoms with Gasteiger partial charge in [-0.3, -0.25) is 4.79 Å². The molecule has 9 nitrogen and oxygen atoms in total. The second-order valence-corrected chi connectivity index (χ2v) is 23.5. The van der Waals surface area contributed by atoms with Crippen LogP contribution in [-0.2, 0) is 88.1 Å². The maximum absolute atomic E-state index is 14.3. The molecule has 4 aromatic rings. The van der Waals surface area contributed by atoms with E-state index in [1.54, 1.807) is 0 Å². The van der Waals surface area contributed by atoms with Crippen molar-refractivity contribution in [1.29, 1.82) is 0 Å². The number of hydrogen-bond donors (Lipinski definition) is 0. The third-order valence-corrected chi connectivity index (χ3v) is 12.8. The van der Waals surface area contributed by atoms with Crippen LogP contribution in [0.15, 0.2) is 60.4 Å². The van der Waals surface area contributed by atoms with E-state index in [0.717, 1.165) is 68.0 Å². The Balaban J connectivity index is 0.000000604. The number of allylic oxidation sites excluding steroid dienone is 2. The van der Waals surface area contributed by atoms with Gasteiger partial charge in [-0.15, -0.1) is 28.8 Å². The molecule has 8 bridgehead atoms. The fraction of sp³-hybridized carbons (Fsp3) is 0.557. The topological polar surface area (TPSA) is 160 Å². The van der Waals surface area contributed by atoms with Gasteiger partial charge in [-0.2, -0.15) is 0 Å². The van der Waals surface area contributed by atoms with Crippen LogP contribution in [0.3, 0.4) is 0 Å². The fourth-order valence-corrected chi connectivity index (χ4v) is 8.44. The van der Waals surface area contributed by atoms with Crippen LogP contribution in [0.1, 0.15) is 202 Å². The Morgan fingerprint density at radius 1 is 0.403 bits per heavy atom. The molecule has 0 spiro atoms. The van der Waals surface area contributed by atoms with Gasteiger partial charge in [-0.1, -0.05) is 183 Å². The number of benzene rings is 4. The SMILES string of the molecule is C1CCOC1.C1CCOC1.C1CCOC1.CC(=O)/C=C(/C)[O-].CC(C)(C)c1cc2c([O-])c(c1)Cc1cc(C(C)(C)C)cc(c1[O-])Cc1cc(C(C)(C)C)cc(c1[O-])Cc1cc(C(C)(C)C)cc(c1[O-])C2.[K+].[Ti+4]. The van der Waals surface area contributed by atoms with Crippen molar-refractivity contribution < 1.29 is 118 Å². The summed E-state index contributed by atoms with van der Waals surface area (Å²) in [5, 5.41) is 67.1. The Hall–Kier alpha value is -2.48. The van der Waals surface area contributed by atoms with E-state index in [1.807, 2.05) is 48.5 Å². The normalized spacial score (nSPS) is 15.6. The molecule has 0 aromatic heterocycles. The molecule has 0 saturated carbocycles.